The van der Waals surface area contributed by atoms with Gasteiger partial charge in [-0.05, 0) is 24.3 Å². The molecule has 0 aliphatic rings. The summed E-state index contributed by atoms with van der Waals surface area (Å²) in [6.45, 7) is 0.0934. The summed E-state index contributed by atoms with van der Waals surface area (Å²) in [7, 11) is -3.37. The third kappa shape index (κ3) is 4.60. The second-order valence-corrected chi connectivity index (χ2v) is 6.90. The Labute approximate surface area is 139 Å². The van der Waals surface area contributed by atoms with E-state index in [1.165, 1.54) is 36.4 Å². The van der Waals surface area contributed by atoms with Crippen LogP contribution in [0.1, 0.15) is 10.4 Å². The number of rotatable bonds is 7. The van der Waals surface area contributed by atoms with Crippen LogP contribution in [0.5, 0.6) is 11.5 Å². The van der Waals surface area contributed by atoms with Crippen LogP contribution in [0, 0.1) is 0 Å². The minimum atomic E-state index is -3.37. The molecule has 0 heterocycles. The number of benzene rings is 2. The molecule has 0 radical (unpaired) electrons. The zero-order chi connectivity index (χ0) is 17.6. The Morgan fingerprint density at radius 3 is 2.42 bits per heavy atom. The summed E-state index contributed by atoms with van der Waals surface area (Å²) in [5.41, 5.74) is -0.216. The van der Waals surface area contributed by atoms with Gasteiger partial charge >= 0.3 is 5.97 Å². The molecule has 0 bridgehead atoms. The Balaban J connectivity index is 1.89. The van der Waals surface area contributed by atoms with Gasteiger partial charge in [-0.3, -0.25) is 0 Å². The highest BCUT2D eigenvalue weighted by Crippen LogP contribution is 2.23. The zero-order valence-corrected chi connectivity index (χ0v) is 13.4. The van der Waals surface area contributed by atoms with Gasteiger partial charge in [0.15, 0.2) is 9.84 Å². The molecule has 0 aromatic heterocycles. The summed E-state index contributed by atoms with van der Waals surface area (Å²) in [4.78, 5) is 11.0. The molecule has 0 aliphatic heterocycles. The van der Waals surface area contributed by atoms with Crippen LogP contribution in [0.2, 0.25) is 0 Å². The van der Waals surface area contributed by atoms with E-state index >= 15 is 0 Å². The number of aromatic carboxylic acids is 1. The Bertz CT molecular complexity index is 841. The lowest BCUT2D eigenvalue weighted by atomic mass is 10.2. The van der Waals surface area contributed by atoms with Crippen LogP contribution in [0.4, 0.5) is 0 Å². The smallest absolute Gasteiger partial charge is 0.339 e. The summed E-state index contributed by atoms with van der Waals surface area (Å²) in [6, 6.07) is 12.0. The van der Waals surface area contributed by atoms with Gasteiger partial charge in [-0.15, -0.1) is 0 Å². The van der Waals surface area contributed by atoms with Crippen molar-refractivity contribution >= 4 is 15.8 Å². The third-order valence-corrected chi connectivity index (χ3v) is 4.75. The molecule has 0 aliphatic carbocycles. The van der Waals surface area contributed by atoms with Gasteiger partial charge in [-0.2, -0.15) is 0 Å². The molecule has 6 nitrogen and oxygen atoms in total. The normalized spacial score (nSPS) is 11.5. The lowest BCUT2D eigenvalue weighted by molar-refractivity contribution is 0.0693. The summed E-state index contributed by atoms with van der Waals surface area (Å²) < 4.78 is 29.4. The third-order valence-electron chi connectivity index (χ3n) is 3.13. The first-order valence-corrected chi connectivity index (χ1v) is 8.67. The monoisotopic (exact) mass is 348 g/mol. The number of hydrogen-bond acceptors (Lipinski definition) is 5. The summed E-state index contributed by atoms with van der Waals surface area (Å²) in [6.07, 6.45) is 3.02. The van der Waals surface area contributed by atoms with Crippen molar-refractivity contribution in [1.29, 1.82) is 0 Å². The van der Waals surface area contributed by atoms with Crippen LogP contribution in [-0.4, -0.2) is 37.0 Å². The highest BCUT2D eigenvalue weighted by Gasteiger charge is 2.11. The van der Waals surface area contributed by atoms with Gasteiger partial charge in [0.2, 0.25) is 0 Å². The fourth-order valence-electron chi connectivity index (χ4n) is 1.91. The van der Waals surface area contributed by atoms with Gasteiger partial charge in [0.1, 0.15) is 23.7 Å². The van der Waals surface area contributed by atoms with Crippen molar-refractivity contribution in [2.75, 3.05) is 12.4 Å². The fourth-order valence-corrected chi connectivity index (χ4v) is 3.07. The molecule has 24 heavy (non-hydrogen) atoms. The zero-order valence-electron chi connectivity index (χ0n) is 12.6. The van der Waals surface area contributed by atoms with Crippen LogP contribution in [0.15, 0.2) is 65.6 Å². The standard InChI is InChI=1S/C17H16O6S/c18-16-12-13(8-9-15(16)17(19)20)23-10-4-5-11-24(21,22)14-6-2-1-3-7-14/h1-9,12,18H,10-11H2,(H,19,20). The highest BCUT2D eigenvalue weighted by molar-refractivity contribution is 7.91. The molecular weight excluding hydrogens is 332 g/mol. The molecule has 0 saturated carbocycles. The first-order valence-electron chi connectivity index (χ1n) is 7.02. The fraction of sp³-hybridized carbons (Fsp3) is 0.118. The predicted octanol–water partition coefficient (Wildman–Crippen LogP) is 2.50. The van der Waals surface area contributed by atoms with E-state index in [1.807, 2.05) is 0 Å². The lowest BCUT2D eigenvalue weighted by Crippen LogP contribution is -2.05. The molecule has 2 aromatic rings. The van der Waals surface area contributed by atoms with Crippen molar-refractivity contribution in [1.82, 2.24) is 0 Å². The number of carboxylic acid groups (broad SMARTS) is 1. The maximum atomic E-state index is 12.0. The van der Waals surface area contributed by atoms with Gasteiger partial charge in [-0.25, -0.2) is 13.2 Å². The maximum absolute atomic E-state index is 12.0. The van der Waals surface area contributed by atoms with Crippen molar-refractivity contribution in [3.63, 3.8) is 0 Å². The van der Waals surface area contributed by atoms with E-state index in [2.05, 4.69) is 0 Å². The summed E-state index contributed by atoms with van der Waals surface area (Å²) >= 11 is 0. The van der Waals surface area contributed by atoms with Crippen LogP contribution >= 0.6 is 0 Å². The van der Waals surface area contributed by atoms with Gasteiger partial charge in [0.25, 0.3) is 0 Å². The van der Waals surface area contributed by atoms with Crippen LogP contribution in [0.25, 0.3) is 0 Å². The molecule has 0 atom stereocenters. The van der Waals surface area contributed by atoms with Gasteiger partial charge < -0.3 is 14.9 Å². The molecule has 7 heteroatoms. The number of carbonyl (C=O) groups is 1. The van der Waals surface area contributed by atoms with Crippen molar-refractivity contribution in [3.05, 3.63) is 66.2 Å². The molecule has 2 rings (SSSR count). The molecule has 0 fully saturated rings. The molecule has 0 saturated heterocycles. The second-order valence-electron chi connectivity index (χ2n) is 4.86. The van der Waals surface area contributed by atoms with Crippen LogP contribution in [0.3, 0.4) is 0 Å². The van der Waals surface area contributed by atoms with E-state index in [1.54, 1.807) is 24.3 Å². The van der Waals surface area contributed by atoms with Crippen molar-refractivity contribution in [2.45, 2.75) is 4.90 Å². The number of phenols is 1. The minimum Gasteiger partial charge on any atom is -0.507 e. The maximum Gasteiger partial charge on any atom is 0.339 e. The Morgan fingerprint density at radius 1 is 1.08 bits per heavy atom. The molecule has 2 N–H and O–H groups in total. The van der Waals surface area contributed by atoms with E-state index in [9.17, 15) is 18.3 Å². The Hall–Kier alpha value is -2.80. The van der Waals surface area contributed by atoms with Crippen molar-refractivity contribution in [3.8, 4) is 11.5 Å². The number of sulfone groups is 1. The second kappa shape index (κ2) is 7.65. The number of hydrogen-bond donors (Lipinski definition) is 2. The lowest BCUT2D eigenvalue weighted by Gasteiger charge is -2.05. The Kier molecular flexibility index (Phi) is 5.59. The first kappa shape index (κ1) is 17.6. The Morgan fingerprint density at radius 2 is 1.79 bits per heavy atom. The van der Waals surface area contributed by atoms with Gasteiger partial charge in [0, 0.05) is 6.07 Å². The number of aromatic hydroxyl groups is 1. The molecule has 0 unspecified atom stereocenters. The summed E-state index contributed by atoms with van der Waals surface area (Å²) in [5, 5.41) is 18.3. The average Bonchev–Trinajstić information content (AvgIpc) is 2.55. The van der Waals surface area contributed by atoms with Crippen molar-refractivity contribution in [2.24, 2.45) is 0 Å². The first-order chi connectivity index (χ1) is 11.4. The van der Waals surface area contributed by atoms with Gasteiger partial charge in [0.05, 0.1) is 10.6 Å². The topological polar surface area (TPSA) is 101 Å². The SMILES string of the molecule is O=C(O)c1ccc(OCC=CCS(=O)(=O)c2ccccc2)cc1O. The molecule has 126 valence electrons. The highest BCUT2D eigenvalue weighted by atomic mass is 32.2. The molecule has 0 spiro atoms. The average molecular weight is 348 g/mol. The van der Waals surface area contributed by atoms with Crippen molar-refractivity contribution < 1.29 is 28.2 Å². The molecule has 0 amide bonds. The van der Waals surface area contributed by atoms with E-state index < -0.39 is 21.6 Å². The van der Waals surface area contributed by atoms with E-state index in [4.69, 9.17) is 9.84 Å². The molecular formula is C17H16O6S. The minimum absolute atomic E-state index is 0.0934. The van der Waals surface area contributed by atoms with E-state index in [-0.39, 0.29) is 28.6 Å². The van der Waals surface area contributed by atoms with E-state index in [0.717, 1.165) is 0 Å². The summed E-state index contributed by atoms with van der Waals surface area (Å²) in [5.74, 6) is -1.49. The number of carboxylic acids is 1. The van der Waals surface area contributed by atoms with Crippen LogP contribution < -0.4 is 4.74 Å². The largest absolute Gasteiger partial charge is 0.507 e. The quantitative estimate of drug-likeness (QED) is 0.746. The number of ether oxygens (including phenoxy) is 1. The van der Waals surface area contributed by atoms with Gasteiger partial charge in [-0.1, -0.05) is 30.4 Å². The van der Waals surface area contributed by atoms with E-state index in [0.29, 0.717) is 0 Å². The molecule has 2 aromatic carbocycles. The predicted molar refractivity (Wildman–Crippen MR) is 88.2 cm³/mol. The van der Waals surface area contributed by atoms with Crippen LogP contribution in [-0.2, 0) is 9.84 Å².